The van der Waals surface area contributed by atoms with Gasteiger partial charge in [-0.1, -0.05) is 19.1 Å². The lowest BCUT2D eigenvalue weighted by Crippen LogP contribution is -2.16. The summed E-state index contributed by atoms with van der Waals surface area (Å²) < 4.78 is 0. The molecule has 0 aromatic rings. The van der Waals surface area contributed by atoms with Crippen LogP contribution >= 0.6 is 0 Å². The van der Waals surface area contributed by atoms with E-state index in [1.807, 2.05) is 0 Å². The number of allylic oxidation sites excluding steroid dienone is 1. The second-order valence-electron chi connectivity index (χ2n) is 3.00. The molecular formula is C9H16O. The number of rotatable bonds is 1. The molecule has 1 rings (SSSR count). The van der Waals surface area contributed by atoms with Gasteiger partial charge in [-0.3, -0.25) is 0 Å². The third kappa shape index (κ3) is 1.84. The lowest BCUT2D eigenvalue weighted by molar-refractivity contribution is 0.119. The molecule has 0 amide bonds. The molecule has 0 spiro atoms. The maximum atomic E-state index is 9.50. The van der Waals surface area contributed by atoms with E-state index in [0.717, 1.165) is 25.7 Å². The highest BCUT2D eigenvalue weighted by Gasteiger charge is 2.15. The zero-order valence-electron chi connectivity index (χ0n) is 6.59. The van der Waals surface area contributed by atoms with Crippen molar-refractivity contribution in [2.45, 2.75) is 38.7 Å². The maximum Gasteiger partial charge on any atom is 0.0602 e. The van der Waals surface area contributed by atoms with Crippen molar-refractivity contribution in [3.8, 4) is 0 Å². The van der Waals surface area contributed by atoms with Crippen molar-refractivity contribution in [3.63, 3.8) is 0 Å². The molecule has 0 bridgehead atoms. The zero-order chi connectivity index (χ0) is 7.40. The van der Waals surface area contributed by atoms with Crippen molar-refractivity contribution in [1.29, 1.82) is 0 Å². The molecule has 1 aliphatic carbocycles. The van der Waals surface area contributed by atoms with E-state index in [0.29, 0.717) is 5.92 Å². The predicted octanol–water partition coefficient (Wildman–Crippen LogP) is 2.11. The Kier molecular flexibility index (Phi) is 2.94. The lowest BCUT2D eigenvalue weighted by atomic mass is 9.98. The van der Waals surface area contributed by atoms with Crippen molar-refractivity contribution in [2.24, 2.45) is 5.92 Å². The van der Waals surface area contributed by atoms with Crippen molar-refractivity contribution >= 4 is 0 Å². The van der Waals surface area contributed by atoms with Gasteiger partial charge in [-0.2, -0.15) is 0 Å². The molecule has 0 heterocycles. The molecule has 10 heavy (non-hydrogen) atoms. The van der Waals surface area contributed by atoms with Crippen LogP contribution in [0, 0.1) is 5.92 Å². The van der Waals surface area contributed by atoms with E-state index >= 15 is 0 Å². The minimum Gasteiger partial charge on any atom is -0.393 e. The Labute approximate surface area is 62.8 Å². The highest BCUT2D eigenvalue weighted by molar-refractivity contribution is 4.94. The Morgan fingerprint density at radius 1 is 1.60 bits per heavy atom. The molecular weight excluding hydrogens is 124 g/mol. The molecule has 1 aliphatic rings. The Balaban J connectivity index is 2.48. The summed E-state index contributed by atoms with van der Waals surface area (Å²) in [5, 5.41) is 9.50. The van der Waals surface area contributed by atoms with E-state index in [1.54, 1.807) is 0 Å². The Morgan fingerprint density at radius 2 is 2.40 bits per heavy atom. The summed E-state index contributed by atoms with van der Waals surface area (Å²) in [6.45, 7) is 2.13. The van der Waals surface area contributed by atoms with Gasteiger partial charge in [0.25, 0.3) is 0 Å². The first-order chi connectivity index (χ1) is 4.84. The summed E-state index contributed by atoms with van der Waals surface area (Å²) in [6, 6.07) is 0. The lowest BCUT2D eigenvalue weighted by Gasteiger charge is -2.15. The van der Waals surface area contributed by atoms with Crippen molar-refractivity contribution in [3.05, 3.63) is 12.2 Å². The van der Waals surface area contributed by atoms with E-state index in [-0.39, 0.29) is 6.10 Å². The maximum absolute atomic E-state index is 9.50. The monoisotopic (exact) mass is 140 g/mol. The third-order valence-electron chi connectivity index (χ3n) is 2.22. The van der Waals surface area contributed by atoms with Crippen LogP contribution in [0.25, 0.3) is 0 Å². The molecule has 1 nitrogen and oxygen atoms in total. The molecule has 0 aliphatic heterocycles. The van der Waals surface area contributed by atoms with E-state index < -0.39 is 0 Å². The quantitative estimate of drug-likeness (QED) is 0.553. The SMILES string of the molecule is CC[C@@H]1C=CCCC[C@H]1O. The molecule has 2 atom stereocenters. The van der Waals surface area contributed by atoms with Crippen LogP contribution in [0.4, 0.5) is 0 Å². The summed E-state index contributed by atoms with van der Waals surface area (Å²) in [4.78, 5) is 0. The third-order valence-corrected chi connectivity index (χ3v) is 2.22. The molecule has 0 saturated heterocycles. The Bertz CT molecular complexity index is 118. The summed E-state index contributed by atoms with van der Waals surface area (Å²) in [7, 11) is 0. The summed E-state index contributed by atoms with van der Waals surface area (Å²) >= 11 is 0. The van der Waals surface area contributed by atoms with Crippen LogP contribution in [0.15, 0.2) is 12.2 Å². The highest BCUT2D eigenvalue weighted by Crippen LogP contribution is 2.19. The second-order valence-corrected chi connectivity index (χ2v) is 3.00. The normalized spacial score (nSPS) is 33.8. The van der Waals surface area contributed by atoms with Gasteiger partial charge in [0.05, 0.1) is 6.10 Å². The number of aliphatic hydroxyl groups excluding tert-OH is 1. The number of hydrogen-bond acceptors (Lipinski definition) is 1. The minimum absolute atomic E-state index is 0.0799. The molecule has 0 saturated carbocycles. The summed E-state index contributed by atoms with van der Waals surface area (Å²) in [5.41, 5.74) is 0. The van der Waals surface area contributed by atoms with Gasteiger partial charge in [0.1, 0.15) is 0 Å². The van der Waals surface area contributed by atoms with Gasteiger partial charge >= 0.3 is 0 Å². The zero-order valence-corrected chi connectivity index (χ0v) is 6.59. The van der Waals surface area contributed by atoms with Gasteiger partial charge in [-0.05, 0) is 25.7 Å². The largest absolute Gasteiger partial charge is 0.393 e. The van der Waals surface area contributed by atoms with E-state index in [2.05, 4.69) is 19.1 Å². The number of aliphatic hydroxyl groups is 1. The average Bonchev–Trinajstić information content (AvgIpc) is 2.13. The molecule has 1 N–H and O–H groups in total. The summed E-state index contributed by atoms with van der Waals surface area (Å²) in [5.74, 6) is 0.419. The van der Waals surface area contributed by atoms with Gasteiger partial charge < -0.3 is 5.11 Å². The number of hydrogen-bond donors (Lipinski definition) is 1. The molecule has 58 valence electrons. The molecule has 0 unspecified atom stereocenters. The fraction of sp³-hybridized carbons (Fsp3) is 0.778. The van der Waals surface area contributed by atoms with Crippen molar-refractivity contribution < 1.29 is 5.11 Å². The van der Waals surface area contributed by atoms with Crippen LogP contribution in [0.2, 0.25) is 0 Å². The fourth-order valence-corrected chi connectivity index (χ4v) is 1.47. The minimum atomic E-state index is -0.0799. The van der Waals surface area contributed by atoms with Crippen molar-refractivity contribution in [2.75, 3.05) is 0 Å². The average molecular weight is 140 g/mol. The van der Waals surface area contributed by atoms with Crippen LogP contribution in [-0.4, -0.2) is 11.2 Å². The second kappa shape index (κ2) is 3.77. The molecule has 0 radical (unpaired) electrons. The van der Waals surface area contributed by atoms with Crippen molar-refractivity contribution in [1.82, 2.24) is 0 Å². The fourth-order valence-electron chi connectivity index (χ4n) is 1.47. The molecule has 0 aromatic heterocycles. The van der Waals surface area contributed by atoms with E-state index in [4.69, 9.17) is 0 Å². The Morgan fingerprint density at radius 3 is 3.10 bits per heavy atom. The topological polar surface area (TPSA) is 20.2 Å². The first kappa shape index (κ1) is 7.80. The van der Waals surface area contributed by atoms with Gasteiger partial charge in [0.2, 0.25) is 0 Å². The van der Waals surface area contributed by atoms with Crippen LogP contribution < -0.4 is 0 Å². The highest BCUT2D eigenvalue weighted by atomic mass is 16.3. The smallest absolute Gasteiger partial charge is 0.0602 e. The van der Waals surface area contributed by atoms with Crippen LogP contribution in [0.3, 0.4) is 0 Å². The first-order valence-electron chi connectivity index (χ1n) is 4.19. The van der Waals surface area contributed by atoms with Gasteiger partial charge in [-0.15, -0.1) is 0 Å². The Hall–Kier alpha value is -0.300. The van der Waals surface area contributed by atoms with Gasteiger partial charge in [-0.25, -0.2) is 0 Å². The van der Waals surface area contributed by atoms with E-state index in [1.165, 1.54) is 0 Å². The molecule has 0 aromatic carbocycles. The standard InChI is InChI=1S/C9H16O/c1-2-8-6-4-3-5-7-9(8)10/h4,6,8-10H,2-3,5,7H2,1H3/t8-,9-/m1/s1. The predicted molar refractivity (Wildman–Crippen MR) is 42.8 cm³/mol. The summed E-state index contributed by atoms with van der Waals surface area (Å²) in [6.07, 6.45) is 8.62. The van der Waals surface area contributed by atoms with Gasteiger partial charge in [0.15, 0.2) is 0 Å². The molecule has 0 fully saturated rings. The van der Waals surface area contributed by atoms with Crippen LogP contribution in [0.5, 0.6) is 0 Å². The van der Waals surface area contributed by atoms with E-state index in [9.17, 15) is 5.11 Å². The molecule has 1 heteroatoms. The van der Waals surface area contributed by atoms with Crippen LogP contribution in [0.1, 0.15) is 32.6 Å². The van der Waals surface area contributed by atoms with Gasteiger partial charge in [0, 0.05) is 5.92 Å². The first-order valence-corrected chi connectivity index (χ1v) is 4.19. The van der Waals surface area contributed by atoms with Crippen LogP contribution in [-0.2, 0) is 0 Å².